The van der Waals surface area contributed by atoms with Gasteiger partial charge in [0, 0.05) is 12.6 Å². The summed E-state index contributed by atoms with van der Waals surface area (Å²) in [6, 6.07) is 8.54. The quantitative estimate of drug-likeness (QED) is 0.601. The molecule has 1 aliphatic rings. The third kappa shape index (κ3) is 6.45. The average Bonchev–Trinajstić information content (AvgIpc) is 2.61. The second kappa shape index (κ2) is 9.66. The molecule has 136 valence electrons. The summed E-state index contributed by atoms with van der Waals surface area (Å²) in [7, 11) is 0. The lowest BCUT2D eigenvalue weighted by atomic mass is 9.96. The lowest BCUT2D eigenvalue weighted by Gasteiger charge is -2.22. The van der Waals surface area contributed by atoms with Crippen molar-refractivity contribution in [2.24, 2.45) is 0 Å². The van der Waals surface area contributed by atoms with E-state index in [9.17, 15) is 19.5 Å². The standard InChI is InChI=1S/C18H25N3O4/c22-16(12-20-18(25)21-14-9-5-2-6-10-14)19-11-15(17(23)24)13-7-3-1-4-8-13/h1,3-4,7-8,14-15H,2,5-6,9-12H2,(H,19,22)(H,23,24)(H2,20,21,25). The molecule has 1 unspecified atom stereocenters. The molecule has 7 heteroatoms. The van der Waals surface area contributed by atoms with Crippen LogP contribution in [0.4, 0.5) is 4.79 Å². The minimum atomic E-state index is -1.01. The number of nitrogens with one attached hydrogen (secondary N) is 3. The summed E-state index contributed by atoms with van der Waals surface area (Å²) in [5, 5.41) is 17.2. The number of carboxylic acids is 1. The van der Waals surface area contributed by atoms with Crippen LogP contribution in [0, 0.1) is 0 Å². The number of aliphatic carboxylic acids is 1. The zero-order chi connectivity index (χ0) is 18.1. The Balaban J connectivity index is 1.72. The largest absolute Gasteiger partial charge is 0.481 e. The maximum absolute atomic E-state index is 11.9. The molecule has 0 bridgehead atoms. The Morgan fingerprint density at radius 3 is 2.36 bits per heavy atom. The Labute approximate surface area is 147 Å². The summed E-state index contributed by atoms with van der Waals surface area (Å²) >= 11 is 0. The topological polar surface area (TPSA) is 108 Å². The molecule has 1 fully saturated rings. The minimum absolute atomic E-state index is 0.0237. The summed E-state index contributed by atoms with van der Waals surface area (Å²) in [4.78, 5) is 35.0. The van der Waals surface area contributed by atoms with Crippen molar-refractivity contribution in [3.63, 3.8) is 0 Å². The fourth-order valence-corrected chi connectivity index (χ4v) is 2.96. The van der Waals surface area contributed by atoms with Gasteiger partial charge in [-0.2, -0.15) is 0 Å². The molecule has 0 radical (unpaired) electrons. The van der Waals surface area contributed by atoms with Crippen molar-refractivity contribution in [2.45, 2.75) is 44.1 Å². The normalized spacial score (nSPS) is 15.8. The van der Waals surface area contributed by atoms with E-state index in [-0.39, 0.29) is 25.2 Å². The Morgan fingerprint density at radius 2 is 1.72 bits per heavy atom. The Hall–Kier alpha value is -2.57. The van der Waals surface area contributed by atoms with E-state index in [1.54, 1.807) is 30.3 Å². The lowest BCUT2D eigenvalue weighted by Crippen LogP contribution is -2.46. The molecule has 1 aliphatic carbocycles. The lowest BCUT2D eigenvalue weighted by molar-refractivity contribution is -0.138. The van der Waals surface area contributed by atoms with E-state index in [0.29, 0.717) is 5.56 Å². The van der Waals surface area contributed by atoms with E-state index in [4.69, 9.17) is 0 Å². The third-order valence-corrected chi connectivity index (χ3v) is 4.35. The molecule has 0 heterocycles. The molecule has 3 amide bonds. The van der Waals surface area contributed by atoms with E-state index in [1.807, 2.05) is 0 Å². The van der Waals surface area contributed by atoms with Crippen molar-refractivity contribution < 1.29 is 19.5 Å². The number of hydrogen-bond donors (Lipinski definition) is 4. The number of urea groups is 1. The molecule has 0 spiro atoms. The summed E-state index contributed by atoms with van der Waals surface area (Å²) in [6.45, 7) is -0.205. The van der Waals surface area contributed by atoms with Crippen molar-refractivity contribution in [3.8, 4) is 0 Å². The second-order valence-electron chi connectivity index (χ2n) is 6.27. The van der Waals surface area contributed by atoms with E-state index in [1.165, 1.54) is 6.42 Å². The van der Waals surface area contributed by atoms with Gasteiger partial charge in [-0.3, -0.25) is 9.59 Å². The molecule has 4 N–H and O–H groups in total. The predicted molar refractivity (Wildman–Crippen MR) is 93.2 cm³/mol. The molecule has 25 heavy (non-hydrogen) atoms. The molecule has 1 aromatic rings. The van der Waals surface area contributed by atoms with Gasteiger partial charge >= 0.3 is 12.0 Å². The number of hydrogen-bond acceptors (Lipinski definition) is 3. The first-order valence-electron chi connectivity index (χ1n) is 8.65. The average molecular weight is 347 g/mol. The van der Waals surface area contributed by atoms with Crippen molar-refractivity contribution in [2.75, 3.05) is 13.1 Å². The van der Waals surface area contributed by atoms with Crippen LogP contribution in [0.15, 0.2) is 30.3 Å². The number of amides is 3. The maximum Gasteiger partial charge on any atom is 0.315 e. The summed E-state index contributed by atoms with van der Waals surface area (Å²) in [6.07, 6.45) is 5.37. The molecule has 0 aromatic heterocycles. The zero-order valence-corrected chi connectivity index (χ0v) is 14.2. The highest BCUT2D eigenvalue weighted by atomic mass is 16.4. The van der Waals surface area contributed by atoms with Crippen molar-refractivity contribution in [3.05, 3.63) is 35.9 Å². The van der Waals surface area contributed by atoms with E-state index in [2.05, 4.69) is 16.0 Å². The van der Waals surface area contributed by atoms with Crippen LogP contribution in [0.1, 0.15) is 43.6 Å². The maximum atomic E-state index is 11.9. The Bertz CT molecular complexity index is 585. The number of carboxylic acid groups (broad SMARTS) is 1. The zero-order valence-electron chi connectivity index (χ0n) is 14.2. The van der Waals surface area contributed by atoms with Gasteiger partial charge in [0.05, 0.1) is 12.5 Å². The molecule has 1 atom stereocenters. The summed E-state index contributed by atoms with van der Waals surface area (Å²) in [5.74, 6) is -2.24. The van der Waals surface area contributed by atoms with Crippen LogP contribution in [0.3, 0.4) is 0 Å². The van der Waals surface area contributed by atoms with Crippen LogP contribution < -0.4 is 16.0 Å². The van der Waals surface area contributed by atoms with Crippen molar-refractivity contribution in [1.29, 1.82) is 0 Å². The van der Waals surface area contributed by atoms with Crippen LogP contribution in [0.25, 0.3) is 0 Å². The molecular formula is C18H25N3O4. The van der Waals surface area contributed by atoms with Gasteiger partial charge < -0.3 is 21.1 Å². The monoisotopic (exact) mass is 347 g/mol. The number of carbonyl (C=O) groups excluding carboxylic acids is 2. The van der Waals surface area contributed by atoms with E-state index >= 15 is 0 Å². The highest BCUT2D eigenvalue weighted by Crippen LogP contribution is 2.17. The third-order valence-electron chi connectivity index (χ3n) is 4.35. The Kier molecular flexibility index (Phi) is 7.25. The molecule has 1 aromatic carbocycles. The first-order valence-corrected chi connectivity index (χ1v) is 8.65. The molecule has 0 aliphatic heterocycles. The minimum Gasteiger partial charge on any atom is -0.481 e. The first-order chi connectivity index (χ1) is 12.1. The van der Waals surface area contributed by atoms with Gasteiger partial charge in [0.1, 0.15) is 0 Å². The van der Waals surface area contributed by atoms with Gasteiger partial charge in [0.15, 0.2) is 0 Å². The second-order valence-corrected chi connectivity index (χ2v) is 6.27. The predicted octanol–water partition coefficient (Wildman–Crippen LogP) is 1.60. The van der Waals surface area contributed by atoms with Gasteiger partial charge in [-0.25, -0.2) is 4.79 Å². The number of rotatable bonds is 7. The van der Waals surface area contributed by atoms with Crippen molar-refractivity contribution >= 4 is 17.9 Å². The van der Waals surface area contributed by atoms with Gasteiger partial charge in [0.25, 0.3) is 0 Å². The van der Waals surface area contributed by atoms with Gasteiger partial charge in [-0.1, -0.05) is 49.6 Å². The van der Waals surface area contributed by atoms with Gasteiger partial charge in [-0.05, 0) is 18.4 Å². The highest BCUT2D eigenvalue weighted by molar-refractivity contribution is 5.84. The Morgan fingerprint density at radius 1 is 1.04 bits per heavy atom. The molecule has 1 saturated carbocycles. The molecular weight excluding hydrogens is 322 g/mol. The SMILES string of the molecule is O=C(CNC(=O)NC1CCCCC1)NCC(C(=O)O)c1ccccc1. The fraction of sp³-hybridized carbons (Fsp3) is 0.500. The van der Waals surface area contributed by atoms with Gasteiger partial charge in [-0.15, -0.1) is 0 Å². The van der Waals surface area contributed by atoms with Crippen molar-refractivity contribution in [1.82, 2.24) is 16.0 Å². The van der Waals surface area contributed by atoms with E-state index in [0.717, 1.165) is 25.7 Å². The van der Waals surface area contributed by atoms with Crippen LogP contribution >= 0.6 is 0 Å². The molecule has 7 nitrogen and oxygen atoms in total. The fourth-order valence-electron chi connectivity index (χ4n) is 2.96. The van der Waals surface area contributed by atoms with E-state index < -0.39 is 17.8 Å². The molecule has 0 saturated heterocycles. The van der Waals surface area contributed by atoms with Crippen LogP contribution in [-0.2, 0) is 9.59 Å². The highest BCUT2D eigenvalue weighted by Gasteiger charge is 2.20. The molecule has 2 rings (SSSR count). The smallest absolute Gasteiger partial charge is 0.315 e. The van der Waals surface area contributed by atoms with Crippen LogP contribution in [0.2, 0.25) is 0 Å². The number of carbonyl (C=O) groups is 3. The van der Waals surface area contributed by atoms with Gasteiger partial charge in [0.2, 0.25) is 5.91 Å². The first kappa shape index (κ1) is 18.8. The van der Waals surface area contributed by atoms with Crippen LogP contribution in [-0.4, -0.2) is 42.1 Å². The summed E-state index contributed by atoms with van der Waals surface area (Å²) in [5.41, 5.74) is 0.623. The van der Waals surface area contributed by atoms with Crippen LogP contribution in [0.5, 0.6) is 0 Å². The summed E-state index contributed by atoms with van der Waals surface area (Å²) < 4.78 is 0. The number of benzene rings is 1.